The van der Waals surface area contributed by atoms with Gasteiger partial charge in [-0.1, -0.05) is 23.5 Å². The van der Waals surface area contributed by atoms with E-state index in [1.165, 1.54) is 11.3 Å². The molecular formula is C13H17N3O3S2. The number of sulfone groups is 1. The highest BCUT2D eigenvalue weighted by molar-refractivity contribution is 7.92. The van der Waals surface area contributed by atoms with Crippen LogP contribution in [-0.4, -0.2) is 29.9 Å². The number of hydrogen-bond donors (Lipinski definition) is 1. The van der Waals surface area contributed by atoms with Crippen molar-refractivity contribution in [2.45, 2.75) is 19.1 Å². The number of carbonyl (C=O) groups excluding carboxylic acids is 1. The smallest absolute Gasteiger partial charge is 0.255 e. The Morgan fingerprint density at radius 2 is 2.05 bits per heavy atom. The number of nitrogens with zero attached hydrogens (tertiary/aromatic N) is 2. The summed E-state index contributed by atoms with van der Waals surface area (Å²) in [4.78, 5) is 12.3. The molecule has 0 bridgehead atoms. The number of amides is 1. The van der Waals surface area contributed by atoms with Crippen molar-refractivity contribution in [3.63, 3.8) is 0 Å². The summed E-state index contributed by atoms with van der Waals surface area (Å²) in [6.07, 6.45) is 0. The molecule has 0 saturated heterocycles. The van der Waals surface area contributed by atoms with Crippen molar-refractivity contribution in [3.8, 4) is 0 Å². The third-order valence-corrected chi connectivity index (χ3v) is 6.26. The van der Waals surface area contributed by atoms with Crippen LogP contribution in [0, 0.1) is 0 Å². The molecule has 1 aromatic carbocycles. The Hall–Kier alpha value is -1.67. The summed E-state index contributed by atoms with van der Waals surface area (Å²) < 4.78 is 26.2. The molecule has 114 valence electrons. The minimum atomic E-state index is -3.41. The molecule has 0 spiro atoms. The van der Waals surface area contributed by atoms with Crippen molar-refractivity contribution >= 4 is 37.3 Å². The van der Waals surface area contributed by atoms with E-state index in [0.717, 1.165) is 10.2 Å². The molecule has 0 unspecified atom stereocenters. The van der Waals surface area contributed by atoms with E-state index in [2.05, 4.69) is 10.5 Å². The molecule has 8 heteroatoms. The number of carbonyl (C=O) groups is 1. The monoisotopic (exact) mass is 327 g/mol. The van der Waals surface area contributed by atoms with Gasteiger partial charge in [-0.2, -0.15) is 0 Å². The van der Waals surface area contributed by atoms with Gasteiger partial charge in [-0.15, -0.1) is 5.10 Å². The second kappa shape index (κ2) is 5.98. The first-order chi connectivity index (χ1) is 9.81. The number of rotatable bonds is 4. The van der Waals surface area contributed by atoms with Crippen LogP contribution in [0.5, 0.6) is 0 Å². The number of fused-ring (bicyclic) bond motifs is 1. The summed E-state index contributed by atoms with van der Waals surface area (Å²) in [6, 6.07) is 7.77. The van der Waals surface area contributed by atoms with Gasteiger partial charge in [0.2, 0.25) is 4.80 Å². The highest BCUT2D eigenvalue weighted by Gasteiger charge is 2.20. The van der Waals surface area contributed by atoms with E-state index in [1.807, 2.05) is 35.9 Å². The van der Waals surface area contributed by atoms with Crippen LogP contribution in [0.4, 0.5) is 0 Å². The summed E-state index contributed by atoms with van der Waals surface area (Å²) in [6.45, 7) is 3.09. The van der Waals surface area contributed by atoms with Gasteiger partial charge in [0.1, 0.15) is 5.75 Å². The second-order valence-corrected chi connectivity index (χ2v) is 8.48. The van der Waals surface area contributed by atoms with Crippen LogP contribution in [-0.2, 0) is 21.7 Å². The first-order valence-electron chi connectivity index (χ1n) is 6.40. The lowest BCUT2D eigenvalue weighted by Gasteiger charge is -2.05. The molecule has 1 heterocycles. The highest BCUT2D eigenvalue weighted by atomic mass is 32.2. The van der Waals surface area contributed by atoms with Crippen molar-refractivity contribution in [2.75, 3.05) is 5.75 Å². The van der Waals surface area contributed by atoms with Gasteiger partial charge in [-0.25, -0.2) is 13.8 Å². The van der Waals surface area contributed by atoms with Crippen LogP contribution in [0.1, 0.15) is 13.8 Å². The average molecular weight is 327 g/mol. The zero-order chi connectivity index (χ0) is 15.6. The standard InChI is InChI=1S/C13H17N3O3S2/c1-9(2)21(18,19)8-12(17)14-15-13-16(3)10-6-4-5-7-11(10)20-13/h4-7,9H,8H2,1-3H3,(H,14,17)/b15-13-. The minimum Gasteiger partial charge on any atom is -0.318 e. The zero-order valence-electron chi connectivity index (χ0n) is 12.0. The van der Waals surface area contributed by atoms with Gasteiger partial charge < -0.3 is 4.57 Å². The second-order valence-electron chi connectivity index (χ2n) is 4.91. The maximum atomic E-state index is 11.7. The minimum absolute atomic E-state index is 0.553. The van der Waals surface area contributed by atoms with E-state index in [4.69, 9.17) is 0 Å². The van der Waals surface area contributed by atoms with Gasteiger partial charge in [0.15, 0.2) is 9.84 Å². The SMILES string of the molecule is CC(C)S(=O)(=O)CC(=O)N/N=c1\sc2ccccc2n1C. The lowest BCUT2D eigenvalue weighted by atomic mass is 10.3. The fourth-order valence-corrected chi connectivity index (χ4v) is 3.42. The number of benzene rings is 1. The van der Waals surface area contributed by atoms with E-state index in [0.29, 0.717) is 4.80 Å². The van der Waals surface area contributed by atoms with Crippen molar-refractivity contribution in [1.82, 2.24) is 9.99 Å². The molecule has 21 heavy (non-hydrogen) atoms. The summed E-state index contributed by atoms with van der Waals surface area (Å²) in [5, 5.41) is 3.42. The van der Waals surface area contributed by atoms with E-state index in [1.54, 1.807) is 13.8 Å². The number of aromatic nitrogens is 1. The molecule has 2 rings (SSSR count). The van der Waals surface area contributed by atoms with Gasteiger partial charge in [0.05, 0.1) is 15.5 Å². The van der Waals surface area contributed by atoms with Crippen LogP contribution in [0.15, 0.2) is 29.4 Å². The average Bonchev–Trinajstić information content (AvgIpc) is 2.73. The normalized spacial score (nSPS) is 13.0. The Morgan fingerprint density at radius 3 is 2.67 bits per heavy atom. The highest BCUT2D eigenvalue weighted by Crippen LogP contribution is 2.14. The van der Waals surface area contributed by atoms with Crippen molar-refractivity contribution < 1.29 is 13.2 Å². The molecule has 0 aliphatic rings. The number of nitrogens with one attached hydrogen (secondary N) is 1. The van der Waals surface area contributed by atoms with Gasteiger partial charge in [0, 0.05) is 7.05 Å². The van der Waals surface area contributed by atoms with Crippen LogP contribution in [0.25, 0.3) is 10.2 Å². The fourth-order valence-electron chi connectivity index (χ4n) is 1.68. The Balaban J connectivity index is 2.20. The molecule has 0 aliphatic heterocycles. The van der Waals surface area contributed by atoms with Crippen molar-refractivity contribution in [1.29, 1.82) is 0 Å². The number of aryl methyl sites for hydroxylation is 1. The summed E-state index contributed by atoms with van der Waals surface area (Å²) in [7, 11) is -1.57. The Bertz CT molecular complexity index is 832. The Morgan fingerprint density at radius 1 is 1.38 bits per heavy atom. The van der Waals surface area contributed by atoms with E-state index >= 15 is 0 Å². The lowest BCUT2D eigenvalue weighted by molar-refractivity contribution is -0.118. The molecule has 1 amide bonds. The van der Waals surface area contributed by atoms with Gasteiger partial charge in [-0.3, -0.25) is 4.79 Å². The summed E-state index contributed by atoms with van der Waals surface area (Å²) in [5.41, 5.74) is 3.31. The molecule has 0 saturated carbocycles. The topological polar surface area (TPSA) is 80.5 Å². The van der Waals surface area contributed by atoms with Crippen molar-refractivity contribution in [2.24, 2.45) is 12.1 Å². The number of hydrogen-bond acceptors (Lipinski definition) is 5. The first-order valence-corrected chi connectivity index (χ1v) is 8.93. The molecule has 0 aliphatic carbocycles. The first kappa shape index (κ1) is 15.7. The number of thiazole rings is 1. The molecule has 0 fully saturated rings. The summed E-state index contributed by atoms with van der Waals surface area (Å²) in [5.74, 6) is -1.18. The van der Waals surface area contributed by atoms with Gasteiger partial charge >= 0.3 is 0 Å². The summed E-state index contributed by atoms with van der Waals surface area (Å²) >= 11 is 1.42. The molecule has 2 aromatic rings. The Labute approximate surface area is 127 Å². The van der Waals surface area contributed by atoms with Gasteiger partial charge in [-0.05, 0) is 26.0 Å². The largest absolute Gasteiger partial charge is 0.318 e. The van der Waals surface area contributed by atoms with Crippen LogP contribution in [0.3, 0.4) is 0 Å². The molecule has 1 aromatic heterocycles. The third kappa shape index (κ3) is 3.51. The van der Waals surface area contributed by atoms with Gasteiger partial charge in [0.25, 0.3) is 5.91 Å². The van der Waals surface area contributed by atoms with E-state index < -0.39 is 26.7 Å². The fraction of sp³-hybridized carbons (Fsp3) is 0.385. The van der Waals surface area contributed by atoms with E-state index in [-0.39, 0.29) is 0 Å². The molecule has 0 radical (unpaired) electrons. The molecule has 0 atom stereocenters. The predicted molar refractivity (Wildman–Crippen MR) is 83.4 cm³/mol. The Kier molecular flexibility index (Phi) is 4.48. The zero-order valence-corrected chi connectivity index (χ0v) is 13.7. The molecule has 6 nitrogen and oxygen atoms in total. The third-order valence-electron chi connectivity index (χ3n) is 3.04. The quantitative estimate of drug-likeness (QED) is 0.851. The lowest BCUT2D eigenvalue weighted by Crippen LogP contribution is -2.32. The molecular weight excluding hydrogens is 310 g/mol. The van der Waals surface area contributed by atoms with Crippen LogP contribution < -0.4 is 10.2 Å². The van der Waals surface area contributed by atoms with Crippen molar-refractivity contribution in [3.05, 3.63) is 29.1 Å². The molecule has 1 N–H and O–H groups in total. The van der Waals surface area contributed by atoms with Crippen LogP contribution in [0.2, 0.25) is 0 Å². The van der Waals surface area contributed by atoms with Crippen LogP contribution >= 0.6 is 11.3 Å². The van der Waals surface area contributed by atoms with E-state index in [9.17, 15) is 13.2 Å². The maximum Gasteiger partial charge on any atom is 0.255 e. The maximum absolute atomic E-state index is 11.7. The predicted octanol–water partition coefficient (Wildman–Crippen LogP) is 0.995. The number of para-hydroxylation sites is 1.